The second kappa shape index (κ2) is 9.39. The van der Waals surface area contributed by atoms with E-state index in [0.29, 0.717) is 19.3 Å². The molecule has 8 nitrogen and oxygen atoms in total. The van der Waals surface area contributed by atoms with E-state index in [-0.39, 0.29) is 12.1 Å². The van der Waals surface area contributed by atoms with Crippen LogP contribution in [0.2, 0.25) is 0 Å². The molecule has 0 aromatic carbocycles. The molecule has 1 saturated heterocycles. The van der Waals surface area contributed by atoms with E-state index in [1.165, 1.54) is 7.11 Å². The summed E-state index contributed by atoms with van der Waals surface area (Å²) in [6.07, 6.45) is -4.24. The Morgan fingerprint density at radius 2 is 1.86 bits per heavy atom. The number of carbonyl (C=O) groups excluding carboxylic acids is 1. The van der Waals surface area contributed by atoms with Crippen molar-refractivity contribution in [1.29, 1.82) is 0 Å². The Balaban J connectivity index is 2.36. The molecule has 1 heterocycles. The van der Waals surface area contributed by atoms with Crippen molar-refractivity contribution in [3.8, 4) is 0 Å². The lowest BCUT2D eigenvalue weighted by atomic mass is 9.99. The van der Waals surface area contributed by atoms with Gasteiger partial charge in [-0.3, -0.25) is 4.79 Å². The number of aliphatic hydroxyl groups excluding tert-OH is 4. The molecule has 0 radical (unpaired) electrons. The standard InChI is InChI=1S/C14H26O8/c1-8(5-3-4-6-10(16)20-2)21-14-13(19)12(18)11(17)9(7-15)22-14/h8-9,11-15,17-19H,3-7H2,1-2H3/t8?,9?,11-,12?,13-,14?/m0/s1. The van der Waals surface area contributed by atoms with E-state index in [2.05, 4.69) is 4.74 Å². The first kappa shape index (κ1) is 19.3. The van der Waals surface area contributed by atoms with Gasteiger partial charge in [0.1, 0.15) is 24.4 Å². The van der Waals surface area contributed by atoms with E-state index >= 15 is 0 Å². The maximum atomic E-state index is 11.0. The van der Waals surface area contributed by atoms with Gasteiger partial charge in [0.25, 0.3) is 0 Å². The van der Waals surface area contributed by atoms with E-state index in [9.17, 15) is 20.1 Å². The third kappa shape index (κ3) is 5.45. The fourth-order valence-electron chi connectivity index (χ4n) is 2.28. The Morgan fingerprint density at radius 1 is 1.18 bits per heavy atom. The number of methoxy groups -OCH3 is 1. The van der Waals surface area contributed by atoms with Crippen LogP contribution in [0.5, 0.6) is 0 Å². The first-order valence-corrected chi connectivity index (χ1v) is 7.43. The van der Waals surface area contributed by atoms with E-state index in [4.69, 9.17) is 14.6 Å². The third-order valence-electron chi connectivity index (χ3n) is 3.68. The first-order chi connectivity index (χ1) is 10.4. The largest absolute Gasteiger partial charge is 0.469 e. The van der Waals surface area contributed by atoms with Crippen molar-refractivity contribution in [1.82, 2.24) is 0 Å². The number of esters is 1. The Morgan fingerprint density at radius 3 is 2.45 bits per heavy atom. The number of hydrogen-bond acceptors (Lipinski definition) is 8. The summed E-state index contributed by atoms with van der Waals surface area (Å²) < 4.78 is 15.3. The average molecular weight is 322 g/mol. The van der Waals surface area contributed by atoms with Crippen LogP contribution in [-0.4, -0.2) is 76.9 Å². The van der Waals surface area contributed by atoms with Gasteiger partial charge >= 0.3 is 5.97 Å². The minimum Gasteiger partial charge on any atom is -0.469 e. The van der Waals surface area contributed by atoms with E-state index in [0.717, 1.165) is 6.42 Å². The second-order valence-corrected chi connectivity index (χ2v) is 5.47. The summed E-state index contributed by atoms with van der Waals surface area (Å²) in [6.45, 7) is 1.29. The molecule has 0 aromatic heterocycles. The highest BCUT2D eigenvalue weighted by Gasteiger charge is 2.44. The summed E-state index contributed by atoms with van der Waals surface area (Å²) in [5.74, 6) is -0.262. The summed E-state index contributed by atoms with van der Waals surface area (Å²) in [5, 5.41) is 38.3. The fourth-order valence-corrected chi connectivity index (χ4v) is 2.28. The van der Waals surface area contributed by atoms with Crippen LogP contribution in [0, 0.1) is 0 Å². The molecule has 0 amide bonds. The fraction of sp³-hybridized carbons (Fsp3) is 0.929. The van der Waals surface area contributed by atoms with Gasteiger partial charge in [0.15, 0.2) is 6.29 Å². The molecular formula is C14H26O8. The molecule has 6 atom stereocenters. The van der Waals surface area contributed by atoms with Crippen molar-refractivity contribution in [2.24, 2.45) is 0 Å². The average Bonchev–Trinajstić information content (AvgIpc) is 2.51. The van der Waals surface area contributed by atoms with Gasteiger partial charge in [-0.25, -0.2) is 0 Å². The zero-order valence-corrected chi connectivity index (χ0v) is 12.9. The van der Waals surface area contributed by atoms with Crippen LogP contribution in [0.25, 0.3) is 0 Å². The molecule has 0 spiro atoms. The van der Waals surface area contributed by atoms with Gasteiger partial charge in [0, 0.05) is 6.42 Å². The first-order valence-electron chi connectivity index (χ1n) is 7.43. The SMILES string of the molecule is COC(=O)CCCCC(C)OC1OC(CO)[C@H](O)C(O)[C@@H]1O. The van der Waals surface area contributed by atoms with Crippen molar-refractivity contribution in [2.75, 3.05) is 13.7 Å². The van der Waals surface area contributed by atoms with Crippen molar-refractivity contribution in [3.63, 3.8) is 0 Å². The number of carbonyl (C=O) groups is 1. The summed E-state index contributed by atoms with van der Waals surface area (Å²) in [5.41, 5.74) is 0. The lowest BCUT2D eigenvalue weighted by Crippen LogP contribution is -2.59. The van der Waals surface area contributed by atoms with Crippen LogP contribution < -0.4 is 0 Å². The van der Waals surface area contributed by atoms with Gasteiger partial charge < -0.3 is 34.6 Å². The molecule has 1 aliphatic rings. The summed E-state index contributed by atoms with van der Waals surface area (Å²) in [6, 6.07) is 0. The maximum Gasteiger partial charge on any atom is 0.305 e. The quantitative estimate of drug-likeness (QED) is 0.329. The van der Waals surface area contributed by atoms with Crippen molar-refractivity contribution >= 4 is 5.97 Å². The molecule has 130 valence electrons. The maximum absolute atomic E-state index is 11.0. The van der Waals surface area contributed by atoms with Crippen LogP contribution in [0.15, 0.2) is 0 Å². The lowest BCUT2D eigenvalue weighted by molar-refractivity contribution is -0.310. The highest BCUT2D eigenvalue weighted by molar-refractivity contribution is 5.68. The second-order valence-electron chi connectivity index (χ2n) is 5.47. The van der Waals surface area contributed by atoms with Gasteiger partial charge in [-0.05, 0) is 19.8 Å². The number of ether oxygens (including phenoxy) is 3. The smallest absolute Gasteiger partial charge is 0.305 e. The van der Waals surface area contributed by atoms with Crippen LogP contribution in [0.1, 0.15) is 32.6 Å². The number of aliphatic hydroxyl groups is 4. The molecule has 22 heavy (non-hydrogen) atoms. The zero-order chi connectivity index (χ0) is 16.7. The molecule has 0 aromatic rings. The van der Waals surface area contributed by atoms with Gasteiger partial charge in [-0.15, -0.1) is 0 Å². The predicted octanol–water partition coefficient (Wildman–Crippen LogP) is -1.08. The summed E-state index contributed by atoms with van der Waals surface area (Å²) in [7, 11) is 1.34. The van der Waals surface area contributed by atoms with Crippen molar-refractivity contribution in [2.45, 2.75) is 69.4 Å². The Bertz CT molecular complexity index is 335. The van der Waals surface area contributed by atoms with E-state index in [1.54, 1.807) is 6.92 Å². The van der Waals surface area contributed by atoms with Crippen LogP contribution in [0.4, 0.5) is 0 Å². The van der Waals surface area contributed by atoms with Crippen LogP contribution >= 0.6 is 0 Å². The molecule has 0 bridgehead atoms. The monoisotopic (exact) mass is 322 g/mol. The van der Waals surface area contributed by atoms with Crippen LogP contribution in [0.3, 0.4) is 0 Å². The molecule has 8 heteroatoms. The van der Waals surface area contributed by atoms with Gasteiger partial charge in [0.05, 0.1) is 19.8 Å². The third-order valence-corrected chi connectivity index (χ3v) is 3.68. The highest BCUT2D eigenvalue weighted by atomic mass is 16.7. The van der Waals surface area contributed by atoms with Gasteiger partial charge in [-0.1, -0.05) is 6.42 Å². The van der Waals surface area contributed by atoms with Crippen molar-refractivity contribution < 1.29 is 39.4 Å². The Kier molecular flexibility index (Phi) is 8.23. The molecule has 0 saturated carbocycles. The Labute approximate surface area is 129 Å². The molecular weight excluding hydrogens is 296 g/mol. The summed E-state index contributed by atoms with van der Waals surface area (Å²) in [4.78, 5) is 11.0. The Hall–Kier alpha value is -0.770. The van der Waals surface area contributed by atoms with Crippen LogP contribution in [-0.2, 0) is 19.0 Å². The molecule has 1 rings (SSSR count). The number of rotatable bonds is 8. The molecule has 4 unspecified atom stereocenters. The number of unbranched alkanes of at least 4 members (excludes halogenated alkanes) is 1. The minimum atomic E-state index is -1.44. The molecule has 4 N–H and O–H groups in total. The predicted molar refractivity (Wildman–Crippen MR) is 74.8 cm³/mol. The lowest BCUT2D eigenvalue weighted by Gasteiger charge is -2.40. The van der Waals surface area contributed by atoms with E-state index < -0.39 is 37.3 Å². The topological polar surface area (TPSA) is 126 Å². The van der Waals surface area contributed by atoms with E-state index in [1.807, 2.05) is 0 Å². The van der Waals surface area contributed by atoms with Crippen molar-refractivity contribution in [3.05, 3.63) is 0 Å². The summed E-state index contributed by atoms with van der Waals surface area (Å²) >= 11 is 0. The highest BCUT2D eigenvalue weighted by Crippen LogP contribution is 2.23. The molecule has 1 aliphatic heterocycles. The normalized spacial score (nSPS) is 33.5. The minimum absolute atomic E-state index is 0.262. The molecule has 1 fully saturated rings. The van der Waals surface area contributed by atoms with Gasteiger partial charge in [-0.2, -0.15) is 0 Å². The number of hydrogen-bond donors (Lipinski definition) is 4. The molecule has 0 aliphatic carbocycles. The zero-order valence-electron chi connectivity index (χ0n) is 12.9. The van der Waals surface area contributed by atoms with Gasteiger partial charge in [0.2, 0.25) is 0 Å².